The van der Waals surface area contributed by atoms with Gasteiger partial charge in [0.15, 0.2) is 0 Å². The van der Waals surface area contributed by atoms with E-state index in [1.807, 2.05) is 0 Å². The number of carbonyl (C=O) groups is 3. The molecule has 6 heteroatoms. The van der Waals surface area contributed by atoms with Crippen LogP contribution in [0, 0.1) is 11.8 Å². The summed E-state index contributed by atoms with van der Waals surface area (Å²) in [6.45, 7) is 1.57. The van der Waals surface area contributed by atoms with Gasteiger partial charge in [0.05, 0.1) is 5.92 Å². The van der Waals surface area contributed by atoms with Crippen molar-refractivity contribution in [3.63, 3.8) is 0 Å². The van der Waals surface area contributed by atoms with Crippen molar-refractivity contribution in [2.24, 2.45) is 11.8 Å². The highest BCUT2D eigenvalue weighted by atomic mass is 16.4. The Morgan fingerprint density at radius 3 is 2.24 bits per heavy atom. The van der Waals surface area contributed by atoms with E-state index in [2.05, 4.69) is 0 Å². The lowest BCUT2D eigenvalue weighted by molar-refractivity contribution is -0.149. The van der Waals surface area contributed by atoms with Crippen molar-refractivity contribution in [3.05, 3.63) is 0 Å². The number of hydrogen-bond donors (Lipinski definition) is 1. The lowest BCUT2D eigenvalue weighted by Crippen LogP contribution is -2.51. The van der Waals surface area contributed by atoms with E-state index in [0.717, 1.165) is 25.7 Å². The number of carbonyl (C=O) groups excluding carboxylic acids is 2. The molecule has 0 radical (unpaired) electrons. The molecule has 21 heavy (non-hydrogen) atoms. The van der Waals surface area contributed by atoms with E-state index in [1.165, 1.54) is 0 Å². The number of nitrogens with zero attached hydrogens (tertiary/aromatic N) is 2. The summed E-state index contributed by atoms with van der Waals surface area (Å²) in [5, 5.41) is 9.12. The Labute approximate surface area is 124 Å². The lowest BCUT2D eigenvalue weighted by Gasteiger charge is -2.35. The fourth-order valence-electron chi connectivity index (χ4n) is 3.44. The van der Waals surface area contributed by atoms with Crippen LogP contribution in [0.3, 0.4) is 0 Å². The van der Waals surface area contributed by atoms with E-state index in [0.29, 0.717) is 25.9 Å². The zero-order chi connectivity index (χ0) is 15.0. The number of carboxylic acid groups (broad SMARTS) is 1. The Hall–Kier alpha value is -1.59. The first kappa shape index (κ1) is 14.4. The second-order valence-corrected chi connectivity index (χ2v) is 6.43. The van der Waals surface area contributed by atoms with Gasteiger partial charge in [-0.3, -0.25) is 14.4 Å². The zero-order valence-electron chi connectivity index (χ0n) is 12.2. The summed E-state index contributed by atoms with van der Waals surface area (Å²) in [4.78, 5) is 39.4. The van der Waals surface area contributed by atoms with Gasteiger partial charge in [0.25, 0.3) is 0 Å². The Kier molecular flexibility index (Phi) is 3.87. The molecule has 3 aliphatic rings. The van der Waals surface area contributed by atoms with Crippen LogP contribution >= 0.6 is 0 Å². The monoisotopic (exact) mass is 294 g/mol. The molecule has 3 fully saturated rings. The van der Waals surface area contributed by atoms with E-state index < -0.39 is 11.9 Å². The maximum absolute atomic E-state index is 12.7. The standard InChI is InChI=1S/C15H22N2O4/c18-13(10-5-6-10)17-8-2-4-12(17)14(19)16-7-1-3-11(9-16)15(20)21/h10-12H,1-9H2,(H,20,21)/t11-,12?/m1/s1. The third-order valence-corrected chi connectivity index (χ3v) is 4.83. The average molecular weight is 294 g/mol. The topological polar surface area (TPSA) is 77.9 Å². The molecule has 1 saturated carbocycles. The van der Waals surface area contributed by atoms with Gasteiger partial charge in [-0.25, -0.2) is 0 Å². The fourth-order valence-corrected chi connectivity index (χ4v) is 3.44. The van der Waals surface area contributed by atoms with E-state index in [9.17, 15) is 14.4 Å². The van der Waals surface area contributed by atoms with E-state index in [1.54, 1.807) is 9.80 Å². The van der Waals surface area contributed by atoms with Gasteiger partial charge in [-0.05, 0) is 38.5 Å². The Bertz CT molecular complexity index is 461. The summed E-state index contributed by atoms with van der Waals surface area (Å²) < 4.78 is 0. The van der Waals surface area contributed by atoms with Gasteiger partial charge in [-0.1, -0.05) is 0 Å². The lowest BCUT2D eigenvalue weighted by atomic mass is 9.97. The normalized spacial score (nSPS) is 29.5. The summed E-state index contributed by atoms with van der Waals surface area (Å²) in [6, 6.07) is -0.356. The highest BCUT2D eigenvalue weighted by molar-refractivity contribution is 5.90. The van der Waals surface area contributed by atoms with Crippen LogP contribution < -0.4 is 0 Å². The van der Waals surface area contributed by atoms with Crippen LogP contribution in [0.25, 0.3) is 0 Å². The predicted octanol–water partition coefficient (Wildman–Crippen LogP) is 0.711. The third-order valence-electron chi connectivity index (χ3n) is 4.83. The van der Waals surface area contributed by atoms with Crippen molar-refractivity contribution >= 4 is 17.8 Å². The van der Waals surface area contributed by atoms with Crippen LogP contribution in [0.1, 0.15) is 38.5 Å². The molecule has 2 saturated heterocycles. The Morgan fingerprint density at radius 2 is 1.57 bits per heavy atom. The van der Waals surface area contributed by atoms with Crippen molar-refractivity contribution in [1.82, 2.24) is 9.80 Å². The summed E-state index contributed by atoms with van der Waals surface area (Å²) >= 11 is 0. The molecule has 3 rings (SSSR count). The number of likely N-dealkylation sites (tertiary alicyclic amines) is 2. The summed E-state index contributed by atoms with van der Waals surface area (Å²) in [5.74, 6) is -1.09. The van der Waals surface area contributed by atoms with Gasteiger partial charge < -0.3 is 14.9 Å². The van der Waals surface area contributed by atoms with Crippen LogP contribution in [0.2, 0.25) is 0 Å². The molecule has 0 spiro atoms. The third kappa shape index (κ3) is 2.89. The average Bonchev–Trinajstić information content (AvgIpc) is 3.23. The van der Waals surface area contributed by atoms with Gasteiger partial charge in [0.2, 0.25) is 11.8 Å². The second-order valence-electron chi connectivity index (χ2n) is 6.43. The summed E-state index contributed by atoms with van der Waals surface area (Å²) in [6.07, 6.45) is 4.83. The van der Waals surface area contributed by atoms with Crippen molar-refractivity contribution in [1.29, 1.82) is 0 Å². The summed E-state index contributed by atoms with van der Waals surface area (Å²) in [5.41, 5.74) is 0. The SMILES string of the molecule is O=C(O)[C@@H]1CCCN(C(=O)C2CCCN2C(=O)C2CC2)C1. The van der Waals surface area contributed by atoms with Gasteiger partial charge in [-0.15, -0.1) is 0 Å². The minimum atomic E-state index is -0.829. The van der Waals surface area contributed by atoms with Crippen LogP contribution in [-0.2, 0) is 14.4 Å². The zero-order valence-corrected chi connectivity index (χ0v) is 12.2. The minimum Gasteiger partial charge on any atom is -0.481 e. The number of amides is 2. The number of rotatable bonds is 3. The molecular formula is C15H22N2O4. The fraction of sp³-hybridized carbons (Fsp3) is 0.800. The van der Waals surface area contributed by atoms with Crippen LogP contribution in [0.15, 0.2) is 0 Å². The van der Waals surface area contributed by atoms with Gasteiger partial charge in [0, 0.05) is 25.6 Å². The molecular weight excluding hydrogens is 272 g/mol. The largest absolute Gasteiger partial charge is 0.481 e. The Balaban J connectivity index is 1.65. The molecule has 1 aliphatic carbocycles. The quantitative estimate of drug-likeness (QED) is 0.831. The molecule has 0 bridgehead atoms. The number of aliphatic carboxylic acids is 1. The van der Waals surface area contributed by atoms with Crippen molar-refractivity contribution < 1.29 is 19.5 Å². The molecule has 6 nitrogen and oxygen atoms in total. The predicted molar refractivity (Wildman–Crippen MR) is 74.4 cm³/mol. The molecule has 2 aliphatic heterocycles. The minimum absolute atomic E-state index is 0.0487. The number of hydrogen-bond acceptors (Lipinski definition) is 3. The molecule has 0 aromatic rings. The molecule has 2 heterocycles. The van der Waals surface area contributed by atoms with Gasteiger partial charge in [0.1, 0.15) is 6.04 Å². The first-order chi connectivity index (χ1) is 10.1. The highest BCUT2D eigenvalue weighted by Crippen LogP contribution is 2.34. The molecule has 116 valence electrons. The van der Waals surface area contributed by atoms with Crippen LogP contribution in [-0.4, -0.2) is 58.4 Å². The number of carboxylic acids is 1. The van der Waals surface area contributed by atoms with Gasteiger partial charge in [-0.2, -0.15) is 0 Å². The molecule has 1 unspecified atom stereocenters. The molecule has 1 N–H and O–H groups in total. The van der Waals surface area contributed by atoms with Crippen molar-refractivity contribution in [2.45, 2.75) is 44.6 Å². The smallest absolute Gasteiger partial charge is 0.308 e. The summed E-state index contributed by atoms with van der Waals surface area (Å²) in [7, 11) is 0. The first-order valence-electron chi connectivity index (χ1n) is 7.90. The van der Waals surface area contributed by atoms with Crippen molar-refractivity contribution in [2.75, 3.05) is 19.6 Å². The molecule has 2 amide bonds. The van der Waals surface area contributed by atoms with Gasteiger partial charge >= 0.3 is 5.97 Å². The second kappa shape index (κ2) is 5.66. The van der Waals surface area contributed by atoms with Crippen LogP contribution in [0.5, 0.6) is 0 Å². The molecule has 2 atom stereocenters. The number of piperidine rings is 1. The van der Waals surface area contributed by atoms with E-state index >= 15 is 0 Å². The maximum atomic E-state index is 12.7. The maximum Gasteiger partial charge on any atom is 0.308 e. The van der Waals surface area contributed by atoms with E-state index in [-0.39, 0.29) is 30.3 Å². The van der Waals surface area contributed by atoms with E-state index in [4.69, 9.17) is 5.11 Å². The van der Waals surface area contributed by atoms with Crippen molar-refractivity contribution in [3.8, 4) is 0 Å². The first-order valence-corrected chi connectivity index (χ1v) is 7.90. The molecule has 0 aromatic heterocycles. The highest BCUT2D eigenvalue weighted by Gasteiger charge is 2.42. The molecule has 0 aromatic carbocycles. The Morgan fingerprint density at radius 1 is 0.857 bits per heavy atom. The van der Waals surface area contributed by atoms with Crippen LogP contribution in [0.4, 0.5) is 0 Å².